The summed E-state index contributed by atoms with van der Waals surface area (Å²) < 4.78 is 26.5. The van der Waals surface area contributed by atoms with Crippen LogP contribution < -0.4 is 5.32 Å². The van der Waals surface area contributed by atoms with E-state index in [1.807, 2.05) is 12.3 Å². The summed E-state index contributed by atoms with van der Waals surface area (Å²) in [7, 11) is 0. The van der Waals surface area contributed by atoms with E-state index in [2.05, 4.69) is 17.2 Å². The van der Waals surface area contributed by atoms with Crippen LogP contribution in [0.2, 0.25) is 0 Å². The largest absolute Gasteiger partial charge is 0.309 e. The maximum atomic E-state index is 13.7. The summed E-state index contributed by atoms with van der Waals surface area (Å²) in [5.41, 5.74) is 1.23. The molecule has 1 N–H and O–H groups in total. The highest BCUT2D eigenvalue weighted by molar-refractivity contribution is 7.13. The summed E-state index contributed by atoms with van der Waals surface area (Å²) in [4.78, 5) is 4.42. The summed E-state index contributed by atoms with van der Waals surface area (Å²) in [6.07, 6.45) is 1.05. The standard InChI is InChI=1S/C14H16F2N2S/c1-3-6-17-9(2)13-8-19-14(18-13)11-5-4-10(15)7-12(11)16/h4-5,7-9,17H,3,6H2,1-2H3. The lowest BCUT2D eigenvalue weighted by Crippen LogP contribution is -2.19. The van der Waals surface area contributed by atoms with Crippen molar-refractivity contribution in [3.63, 3.8) is 0 Å². The third kappa shape index (κ3) is 3.36. The highest BCUT2D eigenvalue weighted by Gasteiger charge is 2.13. The van der Waals surface area contributed by atoms with Crippen LogP contribution in [-0.4, -0.2) is 11.5 Å². The molecule has 2 aromatic rings. The number of nitrogens with one attached hydrogen (secondary N) is 1. The number of thiazole rings is 1. The monoisotopic (exact) mass is 282 g/mol. The van der Waals surface area contributed by atoms with E-state index in [1.165, 1.54) is 23.5 Å². The Bertz CT molecular complexity index is 554. The van der Waals surface area contributed by atoms with E-state index < -0.39 is 11.6 Å². The van der Waals surface area contributed by atoms with Gasteiger partial charge in [-0.25, -0.2) is 13.8 Å². The molecular weight excluding hydrogens is 266 g/mol. The normalized spacial score (nSPS) is 12.6. The molecule has 1 unspecified atom stereocenters. The SMILES string of the molecule is CCCNC(C)c1csc(-c2ccc(F)cc2F)n1. The summed E-state index contributed by atoms with van der Waals surface area (Å²) >= 11 is 1.37. The van der Waals surface area contributed by atoms with Crippen LogP contribution in [0.4, 0.5) is 8.78 Å². The molecule has 102 valence electrons. The van der Waals surface area contributed by atoms with E-state index in [-0.39, 0.29) is 6.04 Å². The zero-order valence-electron chi connectivity index (χ0n) is 10.9. The van der Waals surface area contributed by atoms with Crippen molar-refractivity contribution in [3.05, 3.63) is 40.9 Å². The van der Waals surface area contributed by atoms with E-state index >= 15 is 0 Å². The first-order chi connectivity index (χ1) is 9.11. The molecule has 5 heteroatoms. The van der Waals surface area contributed by atoms with Gasteiger partial charge in [0.15, 0.2) is 0 Å². The molecule has 1 heterocycles. The third-order valence-corrected chi connectivity index (χ3v) is 3.72. The maximum absolute atomic E-state index is 13.7. The lowest BCUT2D eigenvalue weighted by molar-refractivity contribution is 0.561. The van der Waals surface area contributed by atoms with Crippen LogP contribution in [0.25, 0.3) is 10.6 Å². The number of halogens is 2. The average molecular weight is 282 g/mol. The van der Waals surface area contributed by atoms with Crippen LogP contribution in [0.15, 0.2) is 23.6 Å². The van der Waals surface area contributed by atoms with Crippen molar-refractivity contribution in [1.29, 1.82) is 0 Å². The summed E-state index contributed by atoms with van der Waals surface area (Å²) in [6, 6.07) is 3.69. The Morgan fingerprint density at radius 1 is 1.37 bits per heavy atom. The number of nitrogens with zero attached hydrogens (tertiary/aromatic N) is 1. The molecule has 2 rings (SSSR count). The molecule has 0 spiro atoms. The van der Waals surface area contributed by atoms with Gasteiger partial charge in [0.05, 0.1) is 5.69 Å². The number of aromatic nitrogens is 1. The first kappa shape index (κ1) is 14.1. The fourth-order valence-corrected chi connectivity index (χ4v) is 2.68. The number of rotatable bonds is 5. The minimum Gasteiger partial charge on any atom is -0.309 e. The Kier molecular flexibility index (Phi) is 4.61. The Morgan fingerprint density at radius 3 is 2.84 bits per heavy atom. The molecule has 0 fully saturated rings. The second-order valence-electron chi connectivity index (χ2n) is 4.38. The van der Waals surface area contributed by atoms with Crippen LogP contribution in [0.1, 0.15) is 32.0 Å². The predicted molar refractivity (Wildman–Crippen MR) is 74.2 cm³/mol. The minimum atomic E-state index is -0.574. The van der Waals surface area contributed by atoms with Crippen molar-refractivity contribution in [2.45, 2.75) is 26.3 Å². The first-order valence-corrected chi connectivity index (χ1v) is 7.14. The average Bonchev–Trinajstić information content (AvgIpc) is 2.85. The molecule has 19 heavy (non-hydrogen) atoms. The quantitative estimate of drug-likeness (QED) is 0.891. The number of hydrogen-bond acceptors (Lipinski definition) is 3. The van der Waals surface area contributed by atoms with Gasteiger partial charge in [-0.1, -0.05) is 6.92 Å². The minimum absolute atomic E-state index is 0.133. The van der Waals surface area contributed by atoms with Gasteiger partial charge in [0.2, 0.25) is 0 Å². The fourth-order valence-electron chi connectivity index (χ4n) is 1.74. The second kappa shape index (κ2) is 6.21. The van der Waals surface area contributed by atoms with Crippen LogP contribution in [-0.2, 0) is 0 Å². The Hall–Kier alpha value is -1.33. The Balaban J connectivity index is 2.20. The summed E-state index contributed by atoms with van der Waals surface area (Å²) in [6.45, 7) is 5.04. The highest BCUT2D eigenvalue weighted by atomic mass is 32.1. The van der Waals surface area contributed by atoms with Gasteiger partial charge >= 0.3 is 0 Å². The molecule has 2 nitrogen and oxygen atoms in total. The van der Waals surface area contributed by atoms with Gasteiger partial charge in [-0.15, -0.1) is 11.3 Å². The molecule has 0 bridgehead atoms. The molecule has 1 aromatic heterocycles. The van der Waals surface area contributed by atoms with E-state index in [0.717, 1.165) is 24.7 Å². The zero-order chi connectivity index (χ0) is 13.8. The number of benzene rings is 1. The molecule has 0 aliphatic carbocycles. The molecule has 0 aliphatic rings. The molecule has 1 atom stereocenters. The number of hydrogen-bond donors (Lipinski definition) is 1. The van der Waals surface area contributed by atoms with Crippen molar-refractivity contribution < 1.29 is 8.78 Å². The third-order valence-electron chi connectivity index (χ3n) is 2.83. The Labute approximate surface area is 115 Å². The van der Waals surface area contributed by atoms with Crippen molar-refractivity contribution in [2.75, 3.05) is 6.54 Å². The van der Waals surface area contributed by atoms with Crippen LogP contribution in [0.5, 0.6) is 0 Å². The van der Waals surface area contributed by atoms with Gasteiger partial charge in [-0.2, -0.15) is 0 Å². The van der Waals surface area contributed by atoms with Crippen molar-refractivity contribution in [1.82, 2.24) is 10.3 Å². The van der Waals surface area contributed by atoms with Gasteiger partial charge in [0.1, 0.15) is 16.6 Å². The summed E-state index contributed by atoms with van der Waals surface area (Å²) in [5.74, 6) is -1.15. The molecule has 0 saturated heterocycles. The highest BCUT2D eigenvalue weighted by Crippen LogP contribution is 2.28. The van der Waals surface area contributed by atoms with E-state index in [1.54, 1.807) is 0 Å². The fraction of sp³-hybridized carbons (Fsp3) is 0.357. The molecule has 0 saturated carbocycles. The van der Waals surface area contributed by atoms with Gasteiger partial charge < -0.3 is 5.32 Å². The van der Waals surface area contributed by atoms with Gasteiger partial charge in [0.25, 0.3) is 0 Å². The van der Waals surface area contributed by atoms with Gasteiger partial charge in [-0.3, -0.25) is 0 Å². The zero-order valence-corrected chi connectivity index (χ0v) is 11.7. The van der Waals surface area contributed by atoms with Crippen molar-refractivity contribution in [3.8, 4) is 10.6 Å². The molecule has 0 radical (unpaired) electrons. The van der Waals surface area contributed by atoms with E-state index in [4.69, 9.17) is 0 Å². The molecule has 0 aliphatic heterocycles. The Morgan fingerprint density at radius 2 is 2.16 bits per heavy atom. The first-order valence-electron chi connectivity index (χ1n) is 6.26. The van der Waals surface area contributed by atoms with Crippen LogP contribution in [0, 0.1) is 11.6 Å². The van der Waals surface area contributed by atoms with Crippen LogP contribution in [0.3, 0.4) is 0 Å². The predicted octanol–water partition coefficient (Wildman–Crippen LogP) is 4.15. The van der Waals surface area contributed by atoms with Gasteiger partial charge in [0, 0.05) is 23.1 Å². The summed E-state index contributed by atoms with van der Waals surface area (Å²) in [5, 5.41) is 5.82. The van der Waals surface area contributed by atoms with E-state index in [0.29, 0.717) is 10.6 Å². The maximum Gasteiger partial charge on any atom is 0.136 e. The lowest BCUT2D eigenvalue weighted by atomic mass is 10.2. The van der Waals surface area contributed by atoms with E-state index in [9.17, 15) is 8.78 Å². The second-order valence-corrected chi connectivity index (χ2v) is 5.24. The molecule has 1 aromatic carbocycles. The van der Waals surface area contributed by atoms with Crippen LogP contribution >= 0.6 is 11.3 Å². The molecular formula is C14H16F2N2S. The van der Waals surface area contributed by atoms with Gasteiger partial charge in [-0.05, 0) is 32.0 Å². The topological polar surface area (TPSA) is 24.9 Å². The molecule has 0 amide bonds. The van der Waals surface area contributed by atoms with Crippen molar-refractivity contribution in [2.24, 2.45) is 0 Å². The van der Waals surface area contributed by atoms with Crippen molar-refractivity contribution >= 4 is 11.3 Å². The smallest absolute Gasteiger partial charge is 0.136 e. The lowest BCUT2D eigenvalue weighted by Gasteiger charge is -2.09.